The summed E-state index contributed by atoms with van der Waals surface area (Å²) >= 11 is 0. The number of halogens is 5. The molecule has 1 saturated heterocycles. The van der Waals surface area contributed by atoms with Gasteiger partial charge in [0.1, 0.15) is 11.7 Å². The molecule has 1 unspecified atom stereocenters. The Morgan fingerprint density at radius 2 is 1.94 bits per heavy atom. The van der Waals surface area contributed by atoms with Gasteiger partial charge >= 0.3 is 18.1 Å². The van der Waals surface area contributed by atoms with Gasteiger partial charge in [-0.15, -0.1) is 0 Å². The molecule has 0 saturated carbocycles. The van der Waals surface area contributed by atoms with Gasteiger partial charge in [-0.25, -0.2) is 4.79 Å². The van der Waals surface area contributed by atoms with Gasteiger partial charge in [-0.3, -0.25) is 0 Å². The maximum absolute atomic E-state index is 13.3. The van der Waals surface area contributed by atoms with Crippen molar-refractivity contribution in [3.63, 3.8) is 0 Å². The molecule has 1 heterocycles. The van der Waals surface area contributed by atoms with Gasteiger partial charge in [-0.1, -0.05) is 6.58 Å². The molecule has 104 valence electrons. The molecule has 1 aliphatic heterocycles. The minimum absolute atomic E-state index is 0.0742. The van der Waals surface area contributed by atoms with Gasteiger partial charge in [0.25, 0.3) is 0 Å². The van der Waals surface area contributed by atoms with E-state index in [0.29, 0.717) is 6.42 Å². The molecular formula is C10H11F5O3. The summed E-state index contributed by atoms with van der Waals surface area (Å²) < 4.78 is 71.3. The number of carbonyl (C=O) groups is 1. The molecule has 0 aromatic rings. The Hall–Kier alpha value is -1.18. The lowest BCUT2D eigenvalue weighted by Gasteiger charge is -2.22. The van der Waals surface area contributed by atoms with Crippen LogP contribution in [-0.4, -0.2) is 37.4 Å². The molecule has 1 aliphatic rings. The Morgan fingerprint density at radius 1 is 1.33 bits per heavy atom. The summed E-state index contributed by atoms with van der Waals surface area (Å²) in [5.74, 6) is -5.40. The molecule has 0 radical (unpaired) electrons. The van der Waals surface area contributed by atoms with Gasteiger partial charge in [0.05, 0.1) is 0 Å². The standard InChI is InChI=1S/C10H11F5O3/c1-6(10(13,14)15)8(16)18-5-9(11,12)7-3-2-4-17-7/h7H,1-5H2. The van der Waals surface area contributed by atoms with E-state index in [2.05, 4.69) is 11.3 Å². The Kier molecular flexibility index (Phi) is 4.31. The first-order chi connectivity index (χ1) is 8.14. The van der Waals surface area contributed by atoms with Crippen molar-refractivity contribution >= 4 is 5.97 Å². The van der Waals surface area contributed by atoms with Crippen LogP contribution in [0.25, 0.3) is 0 Å². The maximum Gasteiger partial charge on any atom is 0.422 e. The molecule has 0 aliphatic carbocycles. The van der Waals surface area contributed by atoms with Gasteiger partial charge in [-0.05, 0) is 12.8 Å². The van der Waals surface area contributed by atoms with Gasteiger partial charge in [-0.2, -0.15) is 22.0 Å². The van der Waals surface area contributed by atoms with Crippen LogP contribution in [0.5, 0.6) is 0 Å². The summed E-state index contributed by atoms with van der Waals surface area (Å²) in [5.41, 5.74) is -1.81. The third-order valence-corrected chi connectivity index (χ3v) is 2.39. The van der Waals surface area contributed by atoms with Crippen molar-refractivity contribution in [3.8, 4) is 0 Å². The summed E-state index contributed by atoms with van der Waals surface area (Å²) in [6, 6.07) is 0. The third-order valence-electron chi connectivity index (χ3n) is 2.39. The predicted octanol–water partition coefficient (Wildman–Crippen LogP) is 2.46. The van der Waals surface area contributed by atoms with Crippen LogP contribution >= 0.6 is 0 Å². The second-order valence-electron chi connectivity index (χ2n) is 3.82. The van der Waals surface area contributed by atoms with Crippen molar-refractivity contribution in [2.45, 2.75) is 31.0 Å². The van der Waals surface area contributed by atoms with Crippen LogP contribution in [-0.2, 0) is 14.3 Å². The van der Waals surface area contributed by atoms with Crippen LogP contribution in [0.4, 0.5) is 22.0 Å². The number of esters is 1. The molecular weight excluding hydrogens is 263 g/mol. The van der Waals surface area contributed by atoms with Crippen molar-refractivity contribution in [2.75, 3.05) is 13.2 Å². The Bertz CT molecular complexity index is 331. The van der Waals surface area contributed by atoms with Gasteiger partial charge in [0.2, 0.25) is 0 Å². The lowest BCUT2D eigenvalue weighted by Crippen LogP contribution is -2.39. The van der Waals surface area contributed by atoms with E-state index in [9.17, 15) is 26.7 Å². The SMILES string of the molecule is C=C(C(=O)OCC(F)(F)C1CCCO1)C(F)(F)F. The summed E-state index contributed by atoms with van der Waals surface area (Å²) in [6.45, 7) is 1.15. The normalized spacial score (nSPS) is 20.8. The molecule has 0 aromatic carbocycles. The summed E-state index contributed by atoms with van der Waals surface area (Å²) in [4.78, 5) is 10.8. The average Bonchev–Trinajstić information content (AvgIpc) is 2.77. The van der Waals surface area contributed by atoms with Gasteiger partial charge in [0.15, 0.2) is 6.61 Å². The molecule has 0 N–H and O–H groups in total. The zero-order valence-corrected chi connectivity index (χ0v) is 9.23. The van der Waals surface area contributed by atoms with Crippen LogP contribution in [0.1, 0.15) is 12.8 Å². The first kappa shape index (κ1) is 14.9. The Balaban J connectivity index is 2.49. The number of carbonyl (C=O) groups excluding carboxylic acids is 1. The summed E-state index contributed by atoms with van der Waals surface area (Å²) in [6.07, 6.45) is -5.91. The van der Waals surface area contributed by atoms with Gasteiger partial charge < -0.3 is 9.47 Å². The molecule has 1 atom stereocenters. The number of rotatable bonds is 4. The average molecular weight is 274 g/mol. The molecule has 0 aromatic heterocycles. The quantitative estimate of drug-likeness (QED) is 0.449. The van der Waals surface area contributed by atoms with Crippen LogP contribution in [0, 0.1) is 0 Å². The van der Waals surface area contributed by atoms with Gasteiger partial charge in [0, 0.05) is 6.61 Å². The van der Waals surface area contributed by atoms with E-state index in [-0.39, 0.29) is 13.0 Å². The highest BCUT2D eigenvalue weighted by molar-refractivity contribution is 5.89. The number of ether oxygens (including phenoxy) is 2. The van der Waals surface area contributed by atoms with E-state index in [0.717, 1.165) is 0 Å². The van der Waals surface area contributed by atoms with E-state index in [1.54, 1.807) is 0 Å². The van der Waals surface area contributed by atoms with Crippen LogP contribution in [0.15, 0.2) is 12.2 Å². The minimum atomic E-state index is -4.99. The highest BCUT2D eigenvalue weighted by Crippen LogP contribution is 2.30. The largest absolute Gasteiger partial charge is 0.456 e. The van der Waals surface area contributed by atoms with E-state index >= 15 is 0 Å². The second kappa shape index (κ2) is 5.21. The van der Waals surface area contributed by atoms with Crippen LogP contribution < -0.4 is 0 Å². The molecule has 0 amide bonds. The number of alkyl halides is 5. The van der Waals surface area contributed by atoms with Crippen molar-refractivity contribution in [3.05, 3.63) is 12.2 Å². The highest BCUT2D eigenvalue weighted by Gasteiger charge is 2.45. The first-order valence-electron chi connectivity index (χ1n) is 5.07. The van der Waals surface area contributed by atoms with E-state index < -0.39 is 36.4 Å². The van der Waals surface area contributed by atoms with Crippen LogP contribution in [0.3, 0.4) is 0 Å². The smallest absolute Gasteiger partial charge is 0.422 e. The van der Waals surface area contributed by atoms with Crippen molar-refractivity contribution < 1.29 is 36.2 Å². The van der Waals surface area contributed by atoms with E-state index in [1.165, 1.54) is 0 Å². The predicted molar refractivity (Wildman–Crippen MR) is 50.1 cm³/mol. The second-order valence-corrected chi connectivity index (χ2v) is 3.82. The molecule has 1 fully saturated rings. The molecule has 0 bridgehead atoms. The minimum Gasteiger partial charge on any atom is -0.456 e. The fourth-order valence-electron chi connectivity index (χ4n) is 1.37. The van der Waals surface area contributed by atoms with Crippen molar-refractivity contribution in [1.82, 2.24) is 0 Å². The monoisotopic (exact) mass is 274 g/mol. The highest BCUT2D eigenvalue weighted by atomic mass is 19.4. The van der Waals surface area contributed by atoms with E-state index in [4.69, 9.17) is 4.74 Å². The zero-order chi connectivity index (χ0) is 14.0. The molecule has 18 heavy (non-hydrogen) atoms. The lowest BCUT2D eigenvalue weighted by atomic mass is 10.1. The summed E-state index contributed by atoms with van der Waals surface area (Å²) in [7, 11) is 0. The van der Waals surface area contributed by atoms with E-state index in [1.807, 2.05) is 0 Å². The Morgan fingerprint density at radius 3 is 2.39 bits per heavy atom. The van der Waals surface area contributed by atoms with Crippen molar-refractivity contribution in [2.24, 2.45) is 0 Å². The molecule has 8 heteroatoms. The number of hydrogen-bond donors (Lipinski definition) is 0. The topological polar surface area (TPSA) is 35.5 Å². The third kappa shape index (κ3) is 3.66. The molecule has 3 nitrogen and oxygen atoms in total. The molecule has 1 rings (SSSR count). The lowest BCUT2D eigenvalue weighted by molar-refractivity contribution is -0.176. The Labute approximate surface area is 99.5 Å². The fraction of sp³-hybridized carbons (Fsp3) is 0.700. The number of hydrogen-bond acceptors (Lipinski definition) is 3. The van der Waals surface area contributed by atoms with Crippen LogP contribution in [0.2, 0.25) is 0 Å². The first-order valence-corrected chi connectivity index (χ1v) is 5.07. The molecule has 0 spiro atoms. The summed E-state index contributed by atoms with van der Waals surface area (Å²) in [5, 5.41) is 0. The maximum atomic E-state index is 13.3. The fourth-order valence-corrected chi connectivity index (χ4v) is 1.37. The van der Waals surface area contributed by atoms with Crippen molar-refractivity contribution in [1.29, 1.82) is 0 Å². The zero-order valence-electron chi connectivity index (χ0n) is 9.23.